The molecule has 1 amide bonds. The summed E-state index contributed by atoms with van der Waals surface area (Å²) in [6.45, 7) is 8.88. The topological polar surface area (TPSA) is 96.3 Å². The van der Waals surface area contributed by atoms with Crippen LogP contribution < -0.4 is 10.0 Å². The first-order chi connectivity index (χ1) is 10.6. The second kappa shape index (κ2) is 7.81. The fraction of sp³-hybridized carbons (Fsp3) is 0.714. The molecule has 2 atom stereocenters. The SMILES string of the molecule is Cc1nn(C)c(C)c1S(=O)(=O)NC(C)C(=O)N1CCNC[C@H]1C.Cl. The van der Waals surface area contributed by atoms with Crippen molar-refractivity contribution in [2.75, 3.05) is 19.6 Å². The average molecular weight is 380 g/mol. The lowest BCUT2D eigenvalue weighted by Gasteiger charge is -2.35. The van der Waals surface area contributed by atoms with Crippen LogP contribution >= 0.6 is 12.4 Å². The Bertz CT molecular complexity index is 704. The Balaban J connectivity index is 0.00000288. The lowest BCUT2D eigenvalue weighted by molar-refractivity contribution is -0.135. The molecule has 2 heterocycles. The van der Waals surface area contributed by atoms with Crippen LogP contribution in [0.1, 0.15) is 25.2 Å². The summed E-state index contributed by atoms with van der Waals surface area (Å²) in [5.41, 5.74) is 0.970. The van der Waals surface area contributed by atoms with Gasteiger partial charge in [-0.2, -0.15) is 9.82 Å². The third kappa shape index (κ3) is 4.08. The number of carbonyl (C=O) groups excluding carboxylic acids is 1. The molecule has 2 N–H and O–H groups in total. The van der Waals surface area contributed by atoms with E-state index in [-0.39, 0.29) is 29.3 Å². The Morgan fingerprint density at radius 1 is 1.42 bits per heavy atom. The number of nitrogens with zero attached hydrogens (tertiary/aromatic N) is 3. The number of carbonyl (C=O) groups is 1. The maximum atomic E-state index is 12.6. The molecule has 2 rings (SSSR count). The molecule has 10 heteroatoms. The number of hydrogen-bond donors (Lipinski definition) is 2. The molecule has 1 fully saturated rings. The lowest BCUT2D eigenvalue weighted by Crippen LogP contribution is -2.57. The van der Waals surface area contributed by atoms with Crippen molar-refractivity contribution in [3.8, 4) is 0 Å². The van der Waals surface area contributed by atoms with Crippen LogP contribution in [0.3, 0.4) is 0 Å². The van der Waals surface area contributed by atoms with Gasteiger partial charge in [0.25, 0.3) is 0 Å². The van der Waals surface area contributed by atoms with Crippen molar-refractivity contribution in [1.29, 1.82) is 0 Å². The third-order valence-electron chi connectivity index (χ3n) is 4.20. The number of rotatable bonds is 4. The van der Waals surface area contributed by atoms with Crippen LogP contribution in [-0.2, 0) is 21.9 Å². The normalized spacial score (nSPS) is 19.7. The van der Waals surface area contributed by atoms with Crippen molar-refractivity contribution in [1.82, 2.24) is 24.7 Å². The Hall–Kier alpha value is -1.16. The van der Waals surface area contributed by atoms with E-state index in [0.29, 0.717) is 24.5 Å². The molecule has 0 bridgehead atoms. The van der Waals surface area contributed by atoms with Gasteiger partial charge in [0.2, 0.25) is 15.9 Å². The van der Waals surface area contributed by atoms with Gasteiger partial charge in [-0.25, -0.2) is 8.42 Å². The Morgan fingerprint density at radius 2 is 2.04 bits per heavy atom. The molecule has 8 nitrogen and oxygen atoms in total. The van der Waals surface area contributed by atoms with E-state index in [2.05, 4.69) is 15.1 Å². The maximum absolute atomic E-state index is 12.6. The zero-order valence-electron chi connectivity index (χ0n) is 14.7. The fourth-order valence-corrected chi connectivity index (χ4v) is 4.54. The molecule has 0 radical (unpaired) electrons. The van der Waals surface area contributed by atoms with Crippen LogP contribution in [0.2, 0.25) is 0 Å². The van der Waals surface area contributed by atoms with Crippen molar-refractivity contribution in [2.24, 2.45) is 7.05 Å². The molecule has 0 saturated carbocycles. The van der Waals surface area contributed by atoms with E-state index < -0.39 is 16.1 Å². The summed E-state index contributed by atoms with van der Waals surface area (Å²) in [4.78, 5) is 14.4. The summed E-state index contributed by atoms with van der Waals surface area (Å²) in [5.74, 6) is -0.207. The first-order valence-corrected chi connectivity index (χ1v) is 9.17. The lowest BCUT2D eigenvalue weighted by atomic mass is 10.2. The van der Waals surface area contributed by atoms with Gasteiger partial charge in [0.15, 0.2) is 0 Å². The van der Waals surface area contributed by atoms with E-state index >= 15 is 0 Å². The van der Waals surface area contributed by atoms with Crippen LogP contribution in [0.15, 0.2) is 4.90 Å². The van der Waals surface area contributed by atoms with Gasteiger partial charge in [-0.3, -0.25) is 9.48 Å². The first kappa shape index (κ1) is 20.9. The van der Waals surface area contributed by atoms with Gasteiger partial charge in [0.05, 0.1) is 17.4 Å². The highest BCUT2D eigenvalue weighted by atomic mass is 35.5. The molecule has 1 aromatic heterocycles. The van der Waals surface area contributed by atoms with Gasteiger partial charge in [0, 0.05) is 32.7 Å². The van der Waals surface area contributed by atoms with E-state index in [1.807, 2.05) is 6.92 Å². The Labute approximate surface area is 149 Å². The molecule has 24 heavy (non-hydrogen) atoms. The number of sulfonamides is 1. The minimum Gasteiger partial charge on any atom is -0.336 e. The molecule has 1 unspecified atom stereocenters. The van der Waals surface area contributed by atoms with Gasteiger partial charge < -0.3 is 10.2 Å². The monoisotopic (exact) mass is 379 g/mol. The summed E-state index contributed by atoms with van der Waals surface area (Å²) in [6.07, 6.45) is 0. The minimum absolute atomic E-state index is 0. The molecule has 1 aliphatic heterocycles. The quantitative estimate of drug-likeness (QED) is 0.764. The number of halogens is 1. The van der Waals surface area contributed by atoms with E-state index in [4.69, 9.17) is 0 Å². The predicted molar refractivity (Wildman–Crippen MR) is 93.8 cm³/mol. The zero-order chi connectivity index (χ0) is 17.4. The number of amides is 1. The van der Waals surface area contributed by atoms with Gasteiger partial charge in [-0.15, -0.1) is 12.4 Å². The molecule has 1 saturated heterocycles. The van der Waals surface area contributed by atoms with E-state index in [0.717, 1.165) is 6.54 Å². The van der Waals surface area contributed by atoms with Crippen LogP contribution in [0.4, 0.5) is 0 Å². The molecule has 0 aromatic carbocycles. The Kier molecular flexibility index (Phi) is 6.80. The third-order valence-corrected chi connectivity index (χ3v) is 5.99. The second-order valence-corrected chi connectivity index (χ2v) is 7.70. The molecule has 0 spiro atoms. The summed E-state index contributed by atoms with van der Waals surface area (Å²) in [6, 6.07) is -0.773. The second-order valence-electron chi connectivity index (χ2n) is 6.05. The predicted octanol–water partition coefficient (Wildman–Crippen LogP) is -0.0542. The van der Waals surface area contributed by atoms with Crippen LogP contribution in [0, 0.1) is 13.8 Å². The highest BCUT2D eigenvalue weighted by Gasteiger charge is 2.31. The average Bonchev–Trinajstić information content (AvgIpc) is 2.71. The zero-order valence-corrected chi connectivity index (χ0v) is 16.3. The number of hydrogen-bond acceptors (Lipinski definition) is 5. The van der Waals surface area contributed by atoms with Crippen LogP contribution in [0.25, 0.3) is 0 Å². The summed E-state index contributed by atoms with van der Waals surface area (Å²) < 4.78 is 29.3. The highest BCUT2D eigenvalue weighted by Crippen LogP contribution is 2.19. The van der Waals surface area contributed by atoms with Crippen molar-refractivity contribution in [3.05, 3.63) is 11.4 Å². The number of aromatic nitrogens is 2. The molecule has 0 aliphatic carbocycles. The number of nitrogens with one attached hydrogen (secondary N) is 2. The van der Waals surface area contributed by atoms with Gasteiger partial charge >= 0.3 is 0 Å². The van der Waals surface area contributed by atoms with Crippen molar-refractivity contribution >= 4 is 28.3 Å². The number of piperazine rings is 1. The maximum Gasteiger partial charge on any atom is 0.244 e. The molecule has 138 valence electrons. The van der Waals surface area contributed by atoms with Gasteiger partial charge in [0.1, 0.15) is 4.90 Å². The summed E-state index contributed by atoms with van der Waals surface area (Å²) >= 11 is 0. The first-order valence-electron chi connectivity index (χ1n) is 7.69. The van der Waals surface area contributed by atoms with Gasteiger partial charge in [-0.1, -0.05) is 0 Å². The van der Waals surface area contributed by atoms with Crippen LogP contribution in [-0.4, -0.2) is 60.7 Å². The largest absolute Gasteiger partial charge is 0.336 e. The van der Waals surface area contributed by atoms with Crippen molar-refractivity contribution < 1.29 is 13.2 Å². The summed E-state index contributed by atoms with van der Waals surface area (Å²) in [5, 5.41) is 7.33. The molecule has 1 aliphatic rings. The smallest absolute Gasteiger partial charge is 0.244 e. The van der Waals surface area contributed by atoms with E-state index in [1.165, 1.54) is 4.68 Å². The fourth-order valence-electron chi connectivity index (χ4n) is 2.90. The standard InChI is InChI=1S/C14H25N5O3S.ClH/c1-9-8-15-6-7-19(9)14(20)11(3)17-23(21,22)13-10(2)16-18(5)12(13)4;/h9,11,15,17H,6-8H2,1-5H3;1H/t9-,11?;/m1./s1. The van der Waals surface area contributed by atoms with Crippen molar-refractivity contribution in [3.63, 3.8) is 0 Å². The molecular weight excluding hydrogens is 354 g/mol. The van der Waals surface area contributed by atoms with Crippen molar-refractivity contribution in [2.45, 2.75) is 44.7 Å². The van der Waals surface area contributed by atoms with Crippen LogP contribution in [0.5, 0.6) is 0 Å². The van der Waals surface area contributed by atoms with E-state index in [9.17, 15) is 13.2 Å². The summed E-state index contributed by atoms with van der Waals surface area (Å²) in [7, 11) is -2.10. The molecular formula is C14H26ClN5O3S. The van der Waals surface area contributed by atoms with Gasteiger partial charge in [-0.05, 0) is 27.7 Å². The highest BCUT2D eigenvalue weighted by molar-refractivity contribution is 7.89. The number of aryl methyl sites for hydroxylation is 2. The Morgan fingerprint density at radius 3 is 2.54 bits per heavy atom. The molecule has 1 aromatic rings. The van der Waals surface area contributed by atoms with E-state index in [1.54, 1.807) is 32.7 Å². The minimum atomic E-state index is -3.80.